The summed E-state index contributed by atoms with van der Waals surface area (Å²) in [6, 6.07) is 1.49. The number of hydrogen-bond donors (Lipinski definition) is 2. The van der Waals surface area contributed by atoms with Crippen molar-refractivity contribution in [2.45, 2.75) is 39.8 Å². The molecule has 1 atom stereocenters. The van der Waals surface area contributed by atoms with Gasteiger partial charge in [-0.05, 0) is 19.8 Å². The van der Waals surface area contributed by atoms with Crippen LogP contribution < -0.4 is 11.1 Å². The van der Waals surface area contributed by atoms with Crippen molar-refractivity contribution in [3.05, 3.63) is 12.3 Å². The van der Waals surface area contributed by atoms with E-state index >= 15 is 0 Å². The molecule has 90 valence electrons. The number of anilines is 1. The van der Waals surface area contributed by atoms with Crippen LogP contribution in [0, 0.1) is 5.92 Å². The van der Waals surface area contributed by atoms with Gasteiger partial charge in [-0.25, -0.2) is 4.68 Å². The second-order valence-corrected chi connectivity index (χ2v) is 4.51. The molecule has 0 saturated carbocycles. The molecule has 0 aliphatic carbocycles. The molecule has 0 radical (unpaired) electrons. The number of amides is 1. The van der Waals surface area contributed by atoms with E-state index in [1.807, 2.05) is 27.7 Å². The number of carbonyl (C=O) groups excluding carboxylic acids is 1. The van der Waals surface area contributed by atoms with E-state index in [1.165, 1.54) is 0 Å². The van der Waals surface area contributed by atoms with Crippen LogP contribution in [-0.2, 0) is 4.79 Å². The third-order valence-electron chi connectivity index (χ3n) is 2.43. The van der Waals surface area contributed by atoms with Crippen molar-refractivity contribution in [1.29, 1.82) is 0 Å². The summed E-state index contributed by atoms with van der Waals surface area (Å²) in [7, 11) is 0. The zero-order valence-electron chi connectivity index (χ0n) is 10.3. The van der Waals surface area contributed by atoms with Gasteiger partial charge in [0.2, 0.25) is 5.91 Å². The lowest BCUT2D eigenvalue weighted by molar-refractivity contribution is -0.118. The molecule has 1 heterocycles. The molecule has 1 amide bonds. The molecule has 5 nitrogen and oxygen atoms in total. The smallest absolute Gasteiger partial charge is 0.242 e. The fraction of sp³-hybridized carbons (Fsp3) is 0.636. The van der Waals surface area contributed by atoms with Gasteiger partial charge in [0.25, 0.3) is 0 Å². The molecule has 16 heavy (non-hydrogen) atoms. The number of rotatable bonds is 4. The molecular formula is C11H20N4O. The predicted octanol–water partition coefficient (Wildman–Crippen LogP) is 1.39. The first-order valence-electron chi connectivity index (χ1n) is 5.53. The Labute approximate surface area is 96.0 Å². The summed E-state index contributed by atoms with van der Waals surface area (Å²) in [5.41, 5.74) is 5.76. The van der Waals surface area contributed by atoms with E-state index in [0.29, 0.717) is 5.82 Å². The fourth-order valence-corrected chi connectivity index (χ4v) is 1.34. The molecule has 3 N–H and O–H groups in total. The van der Waals surface area contributed by atoms with Crippen LogP contribution in [0.3, 0.4) is 0 Å². The van der Waals surface area contributed by atoms with Crippen LogP contribution in [0.2, 0.25) is 0 Å². The van der Waals surface area contributed by atoms with Gasteiger partial charge in [-0.15, -0.1) is 0 Å². The van der Waals surface area contributed by atoms with Crippen LogP contribution in [-0.4, -0.2) is 21.7 Å². The molecule has 0 spiro atoms. The highest BCUT2D eigenvalue weighted by molar-refractivity contribution is 5.94. The van der Waals surface area contributed by atoms with Crippen LogP contribution in [0.1, 0.15) is 33.7 Å². The summed E-state index contributed by atoms with van der Waals surface area (Å²) in [5.74, 6) is 0.643. The molecule has 1 aromatic heterocycles. The zero-order valence-corrected chi connectivity index (χ0v) is 10.3. The molecule has 1 rings (SSSR count). The lowest BCUT2D eigenvalue weighted by Crippen LogP contribution is -2.40. The van der Waals surface area contributed by atoms with E-state index in [0.717, 1.165) is 0 Å². The van der Waals surface area contributed by atoms with Gasteiger partial charge in [0.05, 0.1) is 12.2 Å². The van der Waals surface area contributed by atoms with Crippen molar-refractivity contribution in [3.8, 4) is 0 Å². The summed E-state index contributed by atoms with van der Waals surface area (Å²) in [5, 5.41) is 6.92. The minimum atomic E-state index is -0.490. The largest absolute Gasteiger partial charge is 0.320 e. The Kier molecular flexibility index (Phi) is 4.06. The Morgan fingerprint density at radius 3 is 2.56 bits per heavy atom. The molecule has 0 aromatic carbocycles. The highest BCUT2D eigenvalue weighted by Gasteiger charge is 2.18. The predicted molar refractivity (Wildman–Crippen MR) is 64.1 cm³/mol. The Morgan fingerprint density at radius 2 is 2.06 bits per heavy atom. The molecule has 0 saturated heterocycles. The fourth-order valence-electron chi connectivity index (χ4n) is 1.34. The van der Waals surface area contributed by atoms with Crippen LogP contribution in [0.25, 0.3) is 0 Å². The number of carbonyl (C=O) groups is 1. The standard InChI is InChI=1S/C11H20N4O/c1-7(2)10(12)11(16)14-9-5-6-13-15(9)8(3)4/h5-8,10H,12H2,1-4H3,(H,14,16). The normalized spacial score (nSPS) is 13.2. The van der Waals surface area contributed by atoms with Gasteiger partial charge in [-0.2, -0.15) is 5.10 Å². The number of nitrogens with one attached hydrogen (secondary N) is 1. The quantitative estimate of drug-likeness (QED) is 0.811. The maximum Gasteiger partial charge on any atom is 0.242 e. The summed E-state index contributed by atoms with van der Waals surface area (Å²) >= 11 is 0. The van der Waals surface area contributed by atoms with Crippen LogP contribution in [0.4, 0.5) is 5.82 Å². The van der Waals surface area contributed by atoms with Gasteiger partial charge in [-0.1, -0.05) is 13.8 Å². The number of nitrogens with two attached hydrogens (primary N) is 1. The monoisotopic (exact) mass is 224 g/mol. The van der Waals surface area contributed by atoms with Gasteiger partial charge in [0.1, 0.15) is 5.82 Å². The summed E-state index contributed by atoms with van der Waals surface area (Å²) < 4.78 is 1.75. The molecule has 0 bridgehead atoms. The van der Waals surface area contributed by atoms with Crippen LogP contribution in [0.15, 0.2) is 12.3 Å². The Bertz CT molecular complexity index is 357. The average molecular weight is 224 g/mol. The van der Waals surface area contributed by atoms with E-state index in [9.17, 15) is 4.79 Å². The first-order chi connectivity index (χ1) is 7.43. The minimum absolute atomic E-state index is 0.121. The van der Waals surface area contributed by atoms with Crippen LogP contribution >= 0.6 is 0 Å². The van der Waals surface area contributed by atoms with E-state index in [2.05, 4.69) is 10.4 Å². The van der Waals surface area contributed by atoms with Gasteiger partial charge < -0.3 is 11.1 Å². The van der Waals surface area contributed by atoms with E-state index in [1.54, 1.807) is 16.9 Å². The highest BCUT2D eigenvalue weighted by Crippen LogP contribution is 2.13. The highest BCUT2D eigenvalue weighted by atomic mass is 16.2. The SMILES string of the molecule is CC(C)C(N)C(=O)Nc1ccnn1C(C)C. The van der Waals surface area contributed by atoms with Crippen molar-refractivity contribution < 1.29 is 4.79 Å². The van der Waals surface area contributed by atoms with Crippen molar-refractivity contribution in [1.82, 2.24) is 9.78 Å². The van der Waals surface area contributed by atoms with Gasteiger partial charge in [0, 0.05) is 12.1 Å². The first kappa shape index (κ1) is 12.7. The van der Waals surface area contributed by atoms with Crippen molar-refractivity contribution in [3.63, 3.8) is 0 Å². The number of aromatic nitrogens is 2. The molecule has 0 aliphatic rings. The molecule has 1 unspecified atom stereocenters. The lowest BCUT2D eigenvalue weighted by Gasteiger charge is -2.17. The summed E-state index contributed by atoms with van der Waals surface area (Å²) in [6.07, 6.45) is 1.66. The van der Waals surface area contributed by atoms with E-state index in [-0.39, 0.29) is 17.9 Å². The zero-order chi connectivity index (χ0) is 12.3. The Balaban J connectivity index is 2.73. The third kappa shape index (κ3) is 2.82. The van der Waals surface area contributed by atoms with Crippen molar-refractivity contribution in [2.24, 2.45) is 11.7 Å². The maximum absolute atomic E-state index is 11.7. The molecule has 0 fully saturated rings. The lowest BCUT2D eigenvalue weighted by atomic mass is 10.1. The van der Waals surface area contributed by atoms with Gasteiger partial charge >= 0.3 is 0 Å². The molecule has 0 aliphatic heterocycles. The number of nitrogens with zero attached hydrogens (tertiary/aromatic N) is 2. The molecule has 5 heteroatoms. The number of hydrogen-bond acceptors (Lipinski definition) is 3. The van der Waals surface area contributed by atoms with Gasteiger partial charge in [0.15, 0.2) is 0 Å². The molecular weight excluding hydrogens is 204 g/mol. The van der Waals surface area contributed by atoms with Crippen molar-refractivity contribution >= 4 is 11.7 Å². The first-order valence-corrected chi connectivity index (χ1v) is 5.53. The van der Waals surface area contributed by atoms with E-state index in [4.69, 9.17) is 5.73 Å². The summed E-state index contributed by atoms with van der Waals surface area (Å²) in [6.45, 7) is 7.85. The van der Waals surface area contributed by atoms with Gasteiger partial charge in [-0.3, -0.25) is 4.79 Å². The average Bonchev–Trinajstić information content (AvgIpc) is 2.64. The minimum Gasteiger partial charge on any atom is -0.320 e. The second-order valence-electron chi connectivity index (χ2n) is 4.51. The van der Waals surface area contributed by atoms with Crippen LogP contribution in [0.5, 0.6) is 0 Å². The van der Waals surface area contributed by atoms with Crippen molar-refractivity contribution in [2.75, 3.05) is 5.32 Å². The maximum atomic E-state index is 11.7. The summed E-state index contributed by atoms with van der Waals surface area (Å²) in [4.78, 5) is 11.7. The van der Waals surface area contributed by atoms with E-state index < -0.39 is 6.04 Å². The molecule has 1 aromatic rings. The second kappa shape index (κ2) is 5.12. The Morgan fingerprint density at radius 1 is 1.44 bits per heavy atom. The Hall–Kier alpha value is -1.36. The topological polar surface area (TPSA) is 72.9 Å². The third-order valence-corrected chi connectivity index (χ3v) is 2.43.